The molecule has 1 aliphatic rings. The maximum atomic E-state index is 12.1. The largest absolute Gasteiger partial charge is 0.495 e. The molecule has 1 aromatic carbocycles. The van der Waals surface area contributed by atoms with Gasteiger partial charge in [0, 0.05) is 18.5 Å². The van der Waals surface area contributed by atoms with Crippen LogP contribution in [0.4, 0.5) is 5.69 Å². The summed E-state index contributed by atoms with van der Waals surface area (Å²) in [5, 5.41) is 5.70. The van der Waals surface area contributed by atoms with E-state index in [1.54, 1.807) is 18.2 Å². The molecule has 7 nitrogen and oxygen atoms in total. The second-order valence-electron chi connectivity index (χ2n) is 5.25. The summed E-state index contributed by atoms with van der Waals surface area (Å²) < 4.78 is 5.15. The average molecular weight is 340 g/mol. The Morgan fingerprint density at radius 2 is 2.22 bits per heavy atom. The molecule has 0 unspecified atom stereocenters. The van der Waals surface area contributed by atoms with E-state index in [1.165, 1.54) is 19.1 Å². The van der Waals surface area contributed by atoms with Gasteiger partial charge >= 0.3 is 0 Å². The van der Waals surface area contributed by atoms with Gasteiger partial charge in [0.05, 0.1) is 19.3 Å². The van der Waals surface area contributed by atoms with E-state index in [2.05, 4.69) is 10.6 Å². The Hall–Kier alpha value is -2.28. The number of carbonyl (C=O) groups excluding carboxylic acids is 3. The molecule has 1 aliphatic heterocycles. The summed E-state index contributed by atoms with van der Waals surface area (Å²) in [6.45, 7) is -0.138. The number of hydrogen-bond donors (Lipinski definition) is 2. The Labute approximate surface area is 138 Å². The number of halogens is 1. The first-order chi connectivity index (χ1) is 10.9. The smallest absolute Gasteiger partial charge is 0.245 e. The number of benzene rings is 1. The first-order valence-corrected chi connectivity index (χ1v) is 7.46. The number of hydrogen-bond acceptors (Lipinski definition) is 4. The summed E-state index contributed by atoms with van der Waals surface area (Å²) in [7, 11) is 3.00. The fourth-order valence-corrected chi connectivity index (χ4v) is 2.50. The number of nitrogens with one attached hydrogen (secondary N) is 2. The molecule has 0 bridgehead atoms. The molecule has 0 radical (unpaired) electrons. The number of carbonyl (C=O) groups is 3. The van der Waals surface area contributed by atoms with Crippen LogP contribution in [0.3, 0.4) is 0 Å². The van der Waals surface area contributed by atoms with Crippen LogP contribution < -0.4 is 15.4 Å². The van der Waals surface area contributed by atoms with Gasteiger partial charge in [-0.1, -0.05) is 11.6 Å². The van der Waals surface area contributed by atoms with E-state index in [4.69, 9.17) is 16.3 Å². The fourth-order valence-electron chi connectivity index (χ4n) is 2.33. The van der Waals surface area contributed by atoms with Gasteiger partial charge in [0.1, 0.15) is 11.8 Å². The Kier molecular flexibility index (Phi) is 5.44. The van der Waals surface area contributed by atoms with Crippen LogP contribution in [-0.2, 0) is 14.4 Å². The van der Waals surface area contributed by atoms with Gasteiger partial charge in [-0.2, -0.15) is 0 Å². The highest BCUT2D eigenvalue weighted by molar-refractivity contribution is 6.31. The second-order valence-corrected chi connectivity index (χ2v) is 5.68. The molecular weight excluding hydrogens is 322 g/mol. The summed E-state index contributed by atoms with van der Waals surface area (Å²) in [4.78, 5) is 36.7. The molecule has 0 aromatic heterocycles. The zero-order valence-electron chi connectivity index (χ0n) is 12.9. The quantitative estimate of drug-likeness (QED) is 0.838. The molecule has 0 spiro atoms. The van der Waals surface area contributed by atoms with Crippen LogP contribution >= 0.6 is 11.6 Å². The molecule has 0 aliphatic carbocycles. The summed E-state index contributed by atoms with van der Waals surface area (Å²) in [6.07, 6.45) is 0.780. The van der Waals surface area contributed by atoms with Crippen molar-refractivity contribution in [3.05, 3.63) is 23.2 Å². The predicted octanol–water partition coefficient (Wildman–Crippen LogP) is 1.02. The highest BCUT2D eigenvalue weighted by Crippen LogP contribution is 2.27. The number of anilines is 1. The molecule has 1 saturated heterocycles. The van der Waals surface area contributed by atoms with Crippen molar-refractivity contribution in [1.29, 1.82) is 0 Å². The standard InChI is InChI=1S/C15H18ClN3O4/c1-19(15(22)10-4-6-13(20)17-10)8-14(21)18-11-7-9(16)3-5-12(11)23-2/h3,5,7,10H,4,6,8H2,1-2H3,(H,17,20)(H,18,21)/t10-/m0/s1. The molecule has 1 aromatic rings. The molecule has 1 heterocycles. The first-order valence-electron chi connectivity index (χ1n) is 7.08. The second kappa shape index (κ2) is 7.32. The van der Waals surface area contributed by atoms with Gasteiger partial charge in [-0.05, 0) is 24.6 Å². The lowest BCUT2D eigenvalue weighted by molar-refractivity contribution is -0.135. The number of methoxy groups -OCH3 is 1. The van der Waals surface area contributed by atoms with Gasteiger partial charge in [-0.3, -0.25) is 14.4 Å². The van der Waals surface area contributed by atoms with E-state index in [1.807, 2.05) is 0 Å². The van der Waals surface area contributed by atoms with E-state index < -0.39 is 6.04 Å². The maximum absolute atomic E-state index is 12.1. The van der Waals surface area contributed by atoms with Gasteiger partial charge < -0.3 is 20.3 Å². The zero-order chi connectivity index (χ0) is 17.0. The molecular formula is C15H18ClN3O4. The van der Waals surface area contributed by atoms with E-state index in [-0.39, 0.29) is 24.3 Å². The third-order valence-corrected chi connectivity index (χ3v) is 3.72. The third kappa shape index (κ3) is 4.35. The topological polar surface area (TPSA) is 87.7 Å². The van der Waals surface area contributed by atoms with E-state index in [0.29, 0.717) is 29.3 Å². The van der Waals surface area contributed by atoms with Crippen LogP contribution in [0.25, 0.3) is 0 Å². The van der Waals surface area contributed by atoms with Crippen molar-refractivity contribution in [1.82, 2.24) is 10.2 Å². The van der Waals surface area contributed by atoms with Gasteiger partial charge in [0.2, 0.25) is 17.7 Å². The summed E-state index contributed by atoms with van der Waals surface area (Å²) >= 11 is 5.90. The zero-order valence-corrected chi connectivity index (χ0v) is 13.6. The average Bonchev–Trinajstić information content (AvgIpc) is 2.93. The molecule has 2 N–H and O–H groups in total. The molecule has 0 saturated carbocycles. The summed E-state index contributed by atoms with van der Waals surface area (Å²) in [6, 6.07) is 4.30. The fraction of sp³-hybridized carbons (Fsp3) is 0.400. The predicted molar refractivity (Wildman–Crippen MR) is 85.4 cm³/mol. The lowest BCUT2D eigenvalue weighted by Gasteiger charge is -2.20. The minimum Gasteiger partial charge on any atom is -0.495 e. The van der Waals surface area contributed by atoms with Crippen LogP contribution in [0.5, 0.6) is 5.75 Å². The Balaban J connectivity index is 1.95. The van der Waals surface area contributed by atoms with Crippen molar-refractivity contribution < 1.29 is 19.1 Å². The Morgan fingerprint density at radius 1 is 1.48 bits per heavy atom. The number of rotatable bonds is 5. The molecule has 124 valence electrons. The van der Waals surface area contributed by atoms with Crippen LogP contribution in [0, 0.1) is 0 Å². The number of likely N-dealkylation sites (N-methyl/N-ethyl adjacent to an activating group) is 1. The highest BCUT2D eigenvalue weighted by atomic mass is 35.5. The van der Waals surface area contributed by atoms with E-state index >= 15 is 0 Å². The van der Waals surface area contributed by atoms with Gasteiger partial charge in [0.25, 0.3) is 0 Å². The van der Waals surface area contributed by atoms with Gasteiger partial charge in [0.15, 0.2) is 0 Å². The van der Waals surface area contributed by atoms with Crippen LogP contribution in [0.2, 0.25) is 5.02 Å². The SMILES string of the molecule is COc1ccc(Cl)cc1NC(=O)CN(C)C(=O)[C@@H]1CCC(=O)N1. The number of nitrogens with zero attached hydrogens (tertiary/aromatic N) is 1. The van der Waals surface area contributed by atoms with Gasteiger partial charge in [-0.15, -0.1) is 0 Å². The monoisotopic (exact) mass is 339 g/mol. The van der Waals surface area contributed by atoms with Crippen LogP contribution in [0.1, 0.15) is 12.8 Å². The van der Waals surface area contributed by atoms with Crippen molar-refractivity contribution in [2.24, 2.45) is 0 Å². The summed E-state index contributed by atoms with van der Waals surface area (Å²) in [5.41, 5.74) is 0.431. The van der Waals surface area contributed by atoms with Crippen molar-refractivity contribution in [3.8, 4) is 5.75 Å². The van der Waals surface area contributed by atoms with Crippen molar-refractivity contribution >= 4 is 35.0 Å². The van der Waals surface area contributed by atoms with E-state index in [0.717, 1.165) is 0 Å². The minimum absolute atomic E-state index is 0.138. The Bertz CT molecular complexity index is 635. The van der Waals surface area contributed by atoms with Gasteiger partial charge in [-0.25, -0.2) is 0 Å². The highest BCUT2D eigenvalue weighted by Gasteiger charge is 2.30. The van der Waals surface area contributed by atoms with Crippen molar-refractivity contribution in [2.75, 3.05) is 26.0 Å². The number of ether oxygens (including phenoxy) is 1. The summed E-state index contributed by atoms with van der Waals surface area (Å²) in [5.74, 6) is -0.348. The lowest BCUT2D eigenvalue weighted by atomic mass is 10.2. The van der Waals surface area contributed by atoms with Crippen LogP contribution in [-0.4, -0.2) is 49.4 Å². The first kappa shape index (κ1) is 17.1. The molecule has 3 amide bonds. The van der Waals surface area contributed by atoms with Crippen molar-refractivity contribution in [3.63, 3.8) is 0 Å². The molecule has 2 rings (SSSR count). The molecule has 8 heteroatoms. The van der Waals surface area contributed by atoms with E-state index in [9.17, 15) is 14.4 Å². The van der Waals surface area contributed by atoms with Crippen molar-refractivity contribution in [2.45, 2.75) is 18.9 Å². The maximum Gasteiger partial charge on any atom is 0.245 e. The number of amides is 3. The lowest BCUT2D eigenvalue weighted by Crippen LogP contribution is -2.45. The molecule has 23 heavy (non-hydrogen) atoms. The molecule has 1 fully saturated rings. The molecule has 1 atom stereocenters. The normalized spacial score (nSPS) is 16.7. The van der Waals surface area contributed by atoms with Crippen LogP contribution in [0.15, 0.2) is 18.2 Å². The third-order valence-electron chi connectivity index (χ3n) is 3.49. The Morgan fingerprint density at radius 3 is 2.83 bits per heavy atom. The minimum atomic E-state index is -0.555.